The molecule has 0 bridgehead atoms. The Kier molecular flexibility index (Phi) is 6.51. The number of amides is 1. The quantitative estimate of drug-likeness (QED) is 0.613. The van der Waals surface area contributed by atoms with Crippen LogP contribution in [0.15, 0.2) is 36.5 Å². The summed E-state index contributed by atoms with van der Waals surface area (Å²) in [6.45, 7) is 5.42. The standard InChI is InChI=1S/C22H22F2N4O.ClH/c1-13-7-9-28(10-8-13)22(29)17-12-25-21-16(5-3-14(2)26-21)20(17)27-15-4-6-18(23)19(24)11-15;/h3-6,11-13H,7-10H2,1-2H3,(H,25,26,27);1H. The highest BCUT2D eigenvalue weighted by Gasteiger charge is 2.25. The summed E-state index contributed by atoms with van der Waals surface area (Å²) in [4.78, 5) is 23.9. The van der Waals surface area contributed by atoms with Gasteiger partial charge in [0.2, 0.25) is 0 Å². The number of fused-ring (bicyclic) bond motifs is 1. The smallest absolute Gasteiger partial charge is 0.257 e. The number of halogens is 3. The molecule has 0 saturated carbocycles. The van der Waals surface area contributed by atoms with Crippen LogP contribution in [0.3, 0.4) is 0 Å². The molecule has 30 heavy (non-hydrogen) atoms. The number of aryl methyl sites for hydroxylation is 1. The number of carbonyl (C=O) groups is 1. The fourth-order valence-corrected chi connectivity index (χ4v) is 3.57. The monoisotopic (exact) mass is 432 g/mol. The van der Waals surface area contributed by atoms with Crippen LogP contribution in [0.4, 0.5) is 20.2 Å². The fourth-order valence-electron chi connectivity index (χ4n) is 3.57. The predicted molar refractivity (Wildman–Crippen MR) is 115 cm³/mol. The van der Waals surface area contributed by atoms with Crippen LogP contribution < -0.4 is 5.32 Å². The third-order valence-corrected chi connectivity index (χ3v) is 5.36. The van der Waals surface area contributed by atoms with Crippen molar-refractivity contribution in [2.24, 2.45) is 5.92 Å². The van der Waals surface area contributed by atoms with E-state index in [0.717, 1.165) is 30.7 Å². The zero-order chi connectivity index (χ0) is 20.5. The number of hydrogen-bond acceptors (Lipinski definition) is 4. The van der Waals surface area contributed by atoms with Crippen LogP contribution >= 0.6 is 12.4 Å². The van der Waals surface area contributed by atoms with Gasteiger partial charge >= 0.3 is 0 Å². The molecule has 1 fully saturated rings. The van der Waals surface area contributed by atoms with Crippen LogP contribution in [0, 0.1) is 24.5 Å². The Morgan fingerprint density at radius 2 is 1.87 bits per heavy atom. The van der Waals surface area contributed by atoms with Crippen LogP contribution in [-0.4, -0.2) is 33.9 Å². The van der Waals surface area contributed by atoms with Gasteiger partial charge in [-0.2, -0.15) is 0 Å². The molecule has 0 unspecified atom stereocenters. The summed E-state index contributed by atoms with van der Waals surface area (Å²) >= 11 is 0. The number of piperidine rings is 1. The molecule has 0 radical (unpaired) electrons. The number of likely N-dealkylation sites (tertiary alicyclic amines) is 1. The summed E-state index contributed by atoms with van der Waals surface area (Å²) in [5, 5.41) is 3.75. The van der Waals surface area contributed by atoms with Crippen molar-refractivity contribution in [3.8, 4) is 0 Å². The number of aromatic nitrogens is 2. The third-order valence-electron chi connectivity index (χ3n) is 5.36. The van der Waals surface area contributed by atoms with E-state index >= 15 is 0 Å². The van der Waals surface area contributed by atoms with Gasteiger partial charge in [-0.15, -0.1) is 12.4 Å². The number of rotatable bonds is 3. The van der Waals surface area contributed by atoms with Crippen LogP contribution in [0.25, 0.3) is 11.0 Å². The number of anilines is 2. The van der Waals surface area contributed by atoms with E-state index in [2.05, 4.69) is 22.2 Å². The Hall–Kier alpha value is -2.80. The first-order chi connectivity index (χ1) is 13.9. The van der Waals surface area contributed by atoms with Crippen LogP contribution in [0.5, 0.6) is 0 Å². The van der Waals surface area contributed by atoms with Crippen molar-refractivity contribution >= 4 is 40.7 Å². The van der Waals surface area contributed by atoms with Crippen molar-refractivity contribution in [3.05, 3.63) is 59.4 Å². The van der Waals surface area contributed by atoms with E-state index in [1.165, 1.54) is 12.3 Å². The summed E-state index contributed by atoms with van der Waals surface area (Å²) < 4.78 is 27.1. The second-order valence-electron chi connectivity index (χ2n) is 7.60. The zero-order valence-corrected chi connectivity index (χ0v) is 17.6. The highest BCUT2D eigenvalue weighted by molar-refractivity contribution is 6.07. The Balaban J connectivity index is 0.00000256. The van der Waals surface area contributed by atoms with E-state index in [1.807, 2.05) is 24.0 Å². The molecular formula is C22H23ClF2N4O. The fraction of sp³-hybridized carbons (Fsp3) is 0.318. The normalized spacial score (nSPS) is 14.5. The zero-order valence-electron chi connectivity index (χ0n) is 16.8. The largest absolute Gasteiger partial charge is 0.354 e. The van der Waals surface area contributed by atoms with E-state index in [0.29, 0.717) is 47.0 Å². The van der Waals surface area contributed by atoms with Crippen LogP contribution in [0.1, 0.15) is 35.8 Å². The van der Waals surface area contributed by atoms with Gasteiger partial charge in [0.15, 0.2) is 17.3 Å². The first kappa shape index (κ1) is 21.9. The minimum atomic E-state index is -0.958. The third kappa shape index (κ3) is 4.36. The van der Waals surface area contributed by atoms with E-state index < -0.39 is 11.6 Å². The van der Waals surface area contributed by atoms with Crippen molar-refractivity contribution in [2.75, 3.05) is 18.4 Å². The molecule has 1 amide bonds. The van der Waals surface area contributed by atoms with Crippen molar-refractivity contribution in [1.82, 2.24) is 14.9 Å². The van der Waals surface area contributed by atoms with E-state index in [-0.39, 0.29) is 18.3 Å². The average Bonchev–Trinajstić information content (AvgIpc) is 2.71. The molecule has 1 aromatic carbocycles. The van der Waals surface area contributed by atoms with E-state index in [1.54, 1.807) is 0 Å². The van der Waals surface area contributed by atoms with Gasteiger partial charge < -0.3 is 10.2 Å². The molecule has 158 valence electrons. The van der Waals surface area contributed by atoms with Gasteiger partial charge in [0.1, 0.15) is 0 Å². The first-order valence-corrected chi connectivity index (χ1v) is 9.70. The number of nitrogens with one attached hydrogen (secondary N) is 1. The molecule has 1 N–H and O–H groups in total. The molecule has 0 atom stereocenters. The van der Waals surface area contributed by atoms with Crippen molar-refractivity contribution < 1.29 is 13.6 Å². The maximum atomic E-state index is 13.7. The molecule has 4 rings (SSSR count). The predicted octanol–water partition coefficient (Wildman–Crippen LogP) is 5.25. The van der Waals surface area contributed by atoms with Gasteiger partial charge in [-0.3, -0.25) is 4.79 Å². The molecule has 3 aromatic rings. The van der Waals surface area contributed by atoms with Crippen molar-refractivity contribution in [1.29, 1.82) is 0 Å². The average molecular weight is 433 g/mol. The number of nitrogens with zero attached hydrogens (tertiary/aromatic N) is 3. The number of hydrogen-bond donors (Lipinski definition) is 1. The Bertz CT molecular complexity index is 1080. The van der Waals surface area contributed by atoms with Gasteiger partial charge in [-0.1, -0.05) is 6.92 Å². The van der Waals surface area contributed by atoms with Gasteiger partial charge in [0.05, 0.1) is 11.3 Å². The second kappa shape index (κ2) is 8.92. The number of benzene rings is 1. The van der Waals surface area contributed by atoms with E-state index in [4.69, 9.17) is 0 Å². The molecule has 3 heterocycles. The highest BCUT2D eigenvalue weighted by Crippen LogP contribution is 2.31. The minimum Gasteiger partial charge on any atom is -0.354 e. The Labute approximate surface area is 179 Å². The lowest BCUT2D eigenvalue weighted by molar-refractivity contribution is 0.0698. The Morgan fingerprint density at radius 3 is 2.57 bits per heavy atom. The van der Waals surface area contributed by atoms with Gasteiger partial charge in [0.25, 0.3) is 5.91 Å². The molecule has 1 saturated heterocycles. The van der Waals surface area contributed by atoms with Gasteiger partial charge in [-0.25, -0.2) is 18.7 Å². The summed E-state index contributed by atoms with van der Waals surface area (Å²) in [5.74, 6) is -1.41. The molecule has 0 aliphatic carbocycles. The van der Waals surface area contributed by atoms with Crippen LogP contribution in [-0.2, 0) is 0 Å². The summed E-state index contributed by atoms with van der Waals surface area (Å²) in [5.41, 5.74) is 2.52. The summed E-state index contributed by atoms with van der Waals surface area (Å²) in [7, 11) is 0. The lowest BCUT2D eigenvalue weighted by Gasteiger charge is -2.31. The molecule has 5 nitrogen and oxygen atoms in total. The lowest BCUT2D eigenvalue weighted by atomic mass is 9.98. The highest BCUT2D eigenvalue weighted by atomic mass is 35.5. The maximum Gasteiger partial charge on any atom is 0.257 e. The minimum absolute atomic E-state index is 0. The van der Waals surface area contributed by atoms with Crippen molar-refractivity contribution in [2.45, 2.75) is 26.7 Å². The molecule has 0 spiro atoms. The number of carbonyl (C=O) groups excluding carboxylic acids is 1. The molecule has 8 heteroatoms. The summed E-state index contributed by atoms with van der Waals surface area (Å²) in [6.07, 6.45) is 3.43. The molecule has 1 aliphatic rings. The second-order valence-corrected chi connectivity index (χ2v) is 7.60. The van der Waals surface area contributed by atoms with Gasteiger partial charge in [-0.05, 0) is 49.9 Å². The first-order valence-electron chi connectivity index (χ1n) is 9.70. The lowest BCUT2D eigenvalue weighted by Crippen LogP contribution is -2.38. The molecule has 2 aromatic heterocycles. The van der Waals surface area contributed by atoms with Gasteiger partial charge in [0, 0.05) is 42.1 Å². The van der Waals surface area contributed by atoms with Crippen LogP contribution in [0.2, 0.25) is 0 Å². The molecular weight excluding hydrogens is 410 g/mol. The topological polar surface area (TPSA) is 58.1 Å². The van der Waals surface area contributed by atoms with Crippen molar-refractivity contribution in [3.63, 3.8) is 0 Å². The SMILES string of the molecule is Cc1ccc2c(Nc3ccc(F)c(F)c3)c(C(=O)N3CCC(C)CC3)cnc2n1.Cl. The van der Waals surface area contributed by atoms with E-state index in [9.17, 15) is 13.6 Å². The maximum absolute atomic E-state index is 13.7. The summed E-state index contributed by atoms with van der Waals surface area (Å²) in [6, 6.07) is 7.22. The number of pyridine rings is 2. The molecule has 1 aliphatic heterocycles. The Morgan fingerprint density at radius 1 is 1.13 bits per heavy atom.